The van der Waals surface area contributed by atoms with Gasteiger partial charge >= 0.3 is 0 Å². The Kier molecular flexibility index (Phi) is 1.69. The summed E-state index contributed by atoms with van der Waals surface area (Å²) in [6.07, 6.45) is 4.05. The van der Waals surface area contributed by atoms with E-state index in [4.69, 9.17) is 0 Å². The molecule has 1 saturated carbocycles. The number of hydrogen-bond acceptors (Lipinski definition) is 1. The number of rotatable bonds is 2. The van der Waals surface area contributed by atoms with Gasteiger partial charge in [-0.2, -0.15) is 0 Å². The standard InChI is InChI=1S/C12H23N/c1-6-10(3,4)12-7-9(2)11(5,8-12)13-12/h9,13H,6-8H2,1-5H3. The van der Waals surface area contributed by atoms with Gasteiger partial charge in [0, 0.05) is 11.1 Å². The van der Waals surface area contributed by atoms with E-state index in [-0.39, 0.29) is 0 Å². The molecule has 1 aliphatic carbocycles. The van der Waals surface area contributed by atoms with Gasteiger partial charge in [-0.25, -0.2) is 0 Å². The van der Waals surface area contributed by atoms with Gasteiger partial charge in [0.1, 0.15) is 0 Å². The minimum absolute atomic E-state index is 0.465. The highest BCUT2D eigenvalue weighted by Gasteiger charge is 2.66. The van der Waals surface area contributed by atoms with E-state index in [0.717, 1.165) is 5.92 Å². The molecule has 13 heavy (non-hydrogen) atoms. The molecule has 0 amide bonds. The molecule has 3 aliphatic rings. The summed E-state index contributed by atoms with van der Waals surface area (Å²) < 4.78 is 0. The van der Waals surface area contributed by atoms with Crippen molar-refractivity contribution in [2.24, 2.45) is 11.3 Å². The summed E-state index contributed by atoms with van der Waals surface area (Å²) in [5.74, 6) is 0.860. The SMILES string of the molecule is CCC(C)(C)C12CC(C)C(C)(C1)N2. The van der Waals surface area contributed by atoms with Crippen molar-refractivity contribution in [1.29, 1.82) is 0 Å². The molecule has 3 rings (SSSR count). The van der Waals surface area contributed by atoms with Gasteiger partial charge in [-0.1, -0.05) is 27.7 Å². The highest BCUT2D eigenvalue weighted by Crippen LogP contribution is 2.60. The molecule has 1 nitrogen and oxygen atoms in total. The van der Waals surface area contributed by atoms with E-state index in [1.54, 1.807) is 0 Å². The average molecular weight is 181 g/mol. The van der Waals surface area contributed by atoms with Gasteiger partial charge in [-0.15, -0.1) is 0 Å². The van der Waals surface area contributed by atoms with E-state index >= 15 is 0 Å². The van der Waals surface area contributed by atoms with Gasteiger partial charge in [-0.05, 0) is 37.5 Å². The van der Waals surface area contributed by atoms with Crippen LogP contribution >= 0.6 is 0 Å². The van der Waals surface area contributed by atoms with Crippen molar-refractivity contribution < 1.29 is 0 Å². The normalized spacial score (nSPS) is 49.2. The van der Waals surface area contributed by atoms with Crippen LogP contribution in [-0.2, 0) is 0 Å². The lowest BCUT2D eigenvalue weighted by Crippen LogP contribution is -2.69. The highest BCUT2D eigenvalue weighted by molar-refractivity contribution is 5.24. The Bertz CT molecular complexity index is 218. The van der Waals surface area contributed by atoms with Gasteiger partial charge in [0.2, 0.25) is 0 Å². The van der Waals surface area contributed by atoms with Crippen molar-refractivity contribution in [3.63, 3.8) is 0 Å². The van der Waals surface area contributed by atoms with E-state index < -0.39 is 0 Å². The lowest BCUT2D eigenvalue weighted by atomic mass is 9.64. The summed E-state index contributed by atoms with van der Waals surface area (Å²) in [5.41, 5.74) is 1.40. The van der Waals surface area contributed by atoms with Crippen molar-refractivity contribution in [3.8, 4) is 0 Å². The zero-order chi connectivity index (χ0) is 9.91. The van der Waals surface area contributed by atoms with E-state index in [0.29, 0.717) is 16.5 Å². The third-order valence-corrected chi connectivity index (χ3v) is 5.12. The van der Waals surface area contributed by atoms with Crippen LogP contribution in [0.25, 0.3) is 0 Å². The Labute approximate surface area is 82.3 Å². The maximum absolute atomic E-state index is 3.85. The molecule has 2 bridgehead atoms. The van der Waals surface area contributed by atoms with Crippen LogP contribution in [0, 0.1) is 11.3 Å². The van der Waals surface area contributed by atoms with Crippen LogP contribution in [-0.4, -0.2) is 11.1 Å². The molecule has 2 aliphatic heterocycles. The van der Waals surface area contributed by atoms with E-state index in [1.165, 1.54) is 19.3 Å². The molecule has 76 valence electrons. The first-order valence-electron chi connectivity index (χ1n) is 5.65. The second-order valence-corrected chi connectivity index (χ2v) is 6.14. The van der Waals surface area contributed by atoms with Crippen LogP contribution in [0.3, 0.4) is 0 Å². The van der Waals surface area contributed by atoms with E-state index in [1.807, 2.05) is 0 Å². The van der Waals surface area contributed by atoms with Crippen LogP contribution in [0.15, 0.2) is 0 Å². The zero-order valence-electron chi connectivity index (χ0n) is 9.70. The summed E-state index contributed by atoms with van der Waals surface area (Å²) in [6.45, 7) is 11.9. The molecule has 2 saturated heterocycles. The Morgan fingerprint density at radius 2 is 2.00 bits per heavy atom. The maximum Gasteiger partial charge on any atom is 0.0258 e. The van der Waals surface area contributed by atoms with Crippen LogP contribution in [0.2, 0.25) is 0 Å². The van der Waals surface area contributed by atoms with Gasteiger partial charge < -0.3 is 5.32 Å². The lowest BCUT2D eigenvalue weighted by Gasteiger charge is -2.56. The molecule has 0 aromatic rings. The van der Waals surface area contributed by atoms with Gasteiger partial charge in [0.15, 0.2) is 0 Å². The number of hydrogen-bond donors (Lipinski definition) is 1. The molecular weight excluding hydrogens is 158 g/mol. The Hall–Kier alpha value is -0.0400. The molecule has 2 heterocycles. The topological polar surface area (TPSA) is 12.0 Å². The predicted molar refractivity (Wildman–Crippen MR) is 56.7 cm³/mol. The van der Waals surface area contributed by atoms with Gasteiger partial charge in [0.25, 0.3) is 0 Å². The summed E-state index contributed by atoms with van der Waals surface area (Å²) in [6, 6.07) is 0. The fourth-order valence-corrected chi connectivity index (χ4v) is 3.35. The molecule has 0 aromatic heterocycles. The first kappa shape index (κ1) is 9.51. The average Bonchev–Trinajstić information content (AvgIpc) is 2.37. The molecule has 0 aromatic carbocycles. The minimum atomic E-state index is 0.465. The minimum Gasteiger partial charge on any atom is -0.305 e. The summed E-state index contributed by atoms with van der Waals surface area (Å²) in [5, 5.41) is 3.85. The van der Waals surface area contributed by atoms with Crippen LogP contribution in [0.4, 0.5) is 0 Å². The third kappa shape index (κ3) is 0.971. The highest BCUT2D eigenvalue weighted by atomic mass is 15.2. The third-order valence-electron chi connectivity index (χ3n) is 5.12. The molecular formula is C12H23N. The summed E-state index contributed by atoms with van der Waals surface area (Å²) in [7, 11) is 0. The second kappa shape index (κ2) is 2.31. The van der Waals surface area contributed by atoms with Gasteiger partial charge in [-0.3, -0.25) is 0 Å². The monoisotopic (exact) mass is 181 g/mol. The van der Waals surface area contributed by atoms with E-state index in [9.17, 15) is 0 Å². The van der Waals surface area contributed by atoms with Crippen molar-refractivity contribution >= 4 is 0 Å². The van der Waals surface area contributed by atoms with Crippen molar-refractivity contribution in [2.75, 3.05) is 0 Å². The van der Waals surface area contributed by atoms with Crippen molar-refractivity contribution in [2.45, 2.75) is 65.0 Å². The molecule has 0 spiro atoms. The van der Waals surface area contributed by atoms with Crippen LogP contribution in [0.1, 0.15) is 53.9 Å². The first-order valence-corrected chi connectivity index (χ1v) is 5.65. The second-order valence-electron chi connectivity index (χ2n) is 6.14. The largest absolute Gasteiger partial charge is 0.305 e. The maximum atomic E-state index is 3.85. The molecule has 3 fully saturated rings. The van der Waals surface area contributed by atoms with Crippen LogP contribution in [0.5, 0.6) is 0 Å². The molecule has 3 atom stereocenters. The quantitative estimate of drug-likeness (QED) is 0.690. The fraction of sp³-hybridized carbons (Fsp3) is 1.00. The fourth-order valence-electron chi connectivity index (χ4n) is 3.35. The predicted octanol–water partition coefficient (Wildman–Crippen LogP) is 2.95. The summed E-state index contributed by atoms with van der Waals surface area (Å²) >= 11 is 0. The smallest absolute Gasteiger partial charge is 0.0258 e. The summed E-state index contributed by atoms with van der Waals surface area (Å²) in [4.78, 5) is 0. The molecule has 3 unspecified atom stereocenters. The van der Waals surface area contributed by atoms with Crippen molar-refractivity contribution in [1.82, 2.24) is 5.32 Å². The Balaban J connectivity index is 2.21. The molecule has 1 N–H and O–H groups in total. The zero-order valence-corrected chi connectivity index (χ0v) is 9.70. The van der Waals surface area contributed by atoms with Gasteiger partial charge in [0.05, 0.1) is 0 Å². The Morgan fingerprint density at radius 3 is 2.31 bits per heavy atom. The molecule has 1 heteroatoms. The van der Waals surface area contributed by atoms with Crippen LogP contribution < -0.4 is 5.32 Å². The van der Waals surface area contributed by atoms with E-state index in [2.05, 4.69) is 39.9 Å². The van der Waals surface area contributed by atoms with Crippen molar-refractivity contribution in [3.05, 3.63) is 0 Å². The number of nitrogens with one attached hydrogen (secondary N) is 1. The Morgan fingerprint density at radius 1 is 1.46 bits per heavy atom. The number of fused-ring (bicyclic) bond motifs is 1. The first-order chi connectivity index (χ1) is 5.85. The molecule has 0 radical (unpaired) electrons. The lowest BCUT2D eigenvalue weighted by molar-refractivity contribution is 0.0188.